The van der Waals surface area contributed by atoms with Crippen molar-refractivity contribution in [2.75, 3.05) is 27.2 Å². The molecule has 0 radical (unpaired) electrons. The third-order valence-electron chi connectivity index (χ3n) is 3.88. The van der Waals surface area contributed by atoms with Gasteiger partial charge in [0.1, 0.15) is 11.4 Å². The number of carbonyl (C=O) groups excluding carboxylic acids is 1. The van der Waals surface area contributed by atoms with E-state index in [4.69, 9.17) is 9.47 Å². The molecule has 0 unspecified atom stereocenters. The number of nitrogens with one attached hydrogen (secondary N) is 3. The third-order valence-corrected chi connectivity index (χ3v) is 3.88. The van der Waals surface area contributed by atoms with Crippen molar-refractivity contribution >= 4 is 12.1 Å². The topological polar surface area (TPSA) is 84.0 Å². The van der Waals surface area contributed by atoms with E-state index in [-0.39, 0.29) is 0 Å². The molecule has 1 aromatic carbocycles. The minimum Gasteiger partial charge on any atom is -0.496 e. The number of alkyl carbamates (subject to hydrolysis) is 1. The minimum absolute atomic E-state index is 0.436. The van der Waals surface area contributed by atoms with Crippen molar-refractivity contribution in [3.63, 3.8) is 0 Å². The Kier molecular flexibility index (Phi) is 8.60. The summed E-state index contributed by atoms with van der Waals surface area (Å²) in [5.41, 5.74) is 1.33. The Morgan fingerprint density at radius 2 is 1.82 bits per heavy atom. The van der Waals surface area contributed by atoms with E-state index in [1.807, 2.05) is 46.8 Å². The summed E-state index contributed by atoms with van der Waals surface area (Å²) in [7, 11) is 3.40. The lowest BCUT2D eigenvalue weighted by molar-refractivity contribution is 0.0474. The first kappa shape index (κ1) is 23.6. The molecule has 0 aromatic heterocycles. The number of hydrogen-bond donors (Lipinski definition) is 3. The van der Waals surface area contributed by atoms with Crippen molar-refractivity contribution in [2.24, 2.45) is 4.99 Å². The van der Waals surface area contributed by atoms with Gasteiger partial charge in [-0.25, -0.2) is 4.79 Å². The summed E-state index contributed by atoms with van der Waals surface area (Å²) < 4.78 is 10.7. The zero-order valence-corrected chi connectivity index (χ0v) is 18.5. The average Bonchev–Trinajstić information content (AvgIpc) is 2.55. The molecule has 0 heterocycles. The standard InChI is InChI=1S/C21H36N4O3/c1-15-9-10-17(27-8)16(13-15)11-12-23-18(22-7)24-14-21(5,6)25-19(26)28-20(2,3)4/h9-10,13H,11-12,14H2,1-8H3,(H,25,26)(H2,22,23,24). The average molecular weight is 393 g/mol. The van der Waals surface area contributed by atoms with Crippen LogP contribution in [-0.2, 0) is 11.2 Å². The van der Waals surface area contributed by atoms with E-state index in [1.165, 1.54) is 5.56 Å². The summed E-state index contributed by atoms with van der Waals surface area (Å²) in [5, 5.41) is 9.41. The quantitative estimate of drug-likeness (QED) is 0.491. The van der Waals surface area contributed by atoms with E-state index in [0.717, 1.165) is 17.7 Å². The fraction of sp³-hybridized carbons (Fsp3) is 0.619. The highest BCUT2D eigenvalue weighted by atomic mass is 16.6. The number of amides is 1. The van der Waals surface area contributed by atoms with Gasteiger partial charge in [-0.1, -0.05) is 17.7 Å². The Bertz CT molecular complexity index is 679. The first-order valence-corrected chi connectivity index (χ1v) is 9.55. The lowest BCUT2D eigenvalue weighted by atomic mass is 10.1. The van der Waals surface area contributed by atoms with Crippen LogP contribution in [0.2, 0.25) is 0 Å². The Balaban J connectivity index is 2.50. The van der Waals surface area contributed by atoms with Crippen LogP contribution in [0.3, 0.4) is 0 Å². The molecule has 0 bridgehead atoms. The van der Waals surface area contributed by atoms with Gasteiger partial charge in [-0.15, -0.1) is 0 Å². The molecule has 0 atom stereocenters. The van der Waals surface area contributed by atoms with E-state index in [1.54, 1.807) is 14.2 Å². The van der Waals surface area contributed by atoms with Crippen LogP contribution >= 0.6 is 0 Å². The maximum atomic E-state index is 12.0. The summed E-state index contributed by atoms with van der Waals surface area (Å²) in [6.45, 7) is 12.6. The maximum Gasteiger partial charge on any atom is 0.408 e. The zero-order chi connectivity index (χ0) is 21.4. The van der Waals surface area contributed by atoms with Crippen molar-refractivity contribution in [1.82, 2.24) is 16.0 Å². The summed E-state index contributed by atoms with van der Waals surface area (Å²) >= 11 is 0. The molecule has 28 heavy (non-hydrogen) atoms. The van der Waals surface area contributed by atoms with Crippen LogP contribution in [0.4, 0.5) is 4.79 Å². The van der Waals surface area contributed by atoms with Crippen molar-refractivity contribution in [3.8, 4) is 5.75 Å². The number of aryl methyl sites for hydroxylation is 1. The highest BCUT2D eigenvalue weighted by molar-refractivity contribution is 5.79. The van der Waals surface area contributed by atoms with E-state index in [2.05, 4.69) is 33.9 Å². The van der Waals surface area contributed by atoms with Crippen LogP contribution in [0.25, 0.3) is 0 Å². The monoisotopic (exact) mass is 392 g/mol. The van der Waals surface area contributed by atoms with Crippen molar-refractivity contribution < 1.29 is 14.3 Å². The van der Waals surface area contributed by atoms with Gasteiger partial charge >= 0.3 is 6.09 Å². The van der Waals surface area contributed by atoms with E-state index >= 15 is 0 Å². The van der Waals surface area contributed by atoms with Gasteiger partial charge in [-0.05, 0) is 59.6 Å². The first-order valence-electron chi connectivity index (χ1n) is 9.55. The molecule has 3 N–H and O–H groups in total. The van der Waals surface area contributed by atoms with Crippen LogP contribution in [0, 0.1) is 6.92 Å². The zero-order valence-electron chi connectivity index (χ0n) is 18.5. The molecule has 0 fully saturated rings. The summed E-state index contributed by atoms with van der Waals surface area (Å²) in [6, 6.07) is 6.16. The third kappa shape index (κ3) is 8.97. The molecule has 0 spiro atoms. The number of benzene rings is 1. The molecular weight excluding hydrogens is 356 g/mol. The second kappa shape index (κ2) is 10.2. The van der Waals surface area contributed by atoms with Gasteiger partial charge in [0.05, 0.1) is 12.6 Å². The van der Waals surface area contributed by atoms with Crippen LogP contribution in [0.15, 0.2) is 23.2 Å². The molecular formula is C21H36N4O3. The molecule has 0 aliphatic heterocycles. The van der Waals surface area contributed by atoms with Gasteiger partial charge < -0.3 is 25.4 Å². The molecule has 158 valence electrons. The van der Waals surface area contributed by atoms with Crippen molar-refractivity contribution in [2.45, 2.75) is 59.1 Å². The molecule has 1 aromatic rings. The molecule has 0 saturated heterocycles. The van der Waals surface area contributed by atoms with Gasteiger partial charge in [0.2, 0.25) is 0 Å². The summed E-state index contributed by atoms with van der Waals surface area (Å²) in [6.07, 6.45) is 0.374. The molecule has 0 aliphatic carbocycles. The van der Waals surface area contributed by atoms with E-state index < -0.39 is 17.2 Å². The number of hydrogen-bond acceptors (Lipinski definition) is 4. The fourth-order valence-electron chi connectivity index (χ4n) is 2.57. The number of rotatable bonds is 7. The van der Waals surface area contributed by atoms with Crippen LogP contribution in [0.1, 0.15) is 45.7 Å². The Hall–Kier alpha value is -2.44. The van der Waals surface area contributed by atoms with Crippen LogP contribution < -0.4 is 20.7 Å². The lowest BCUT2D eigenvalue weighted by Crippen LogP contribution is -2.54. The number of guanidine groups is 1. The van der Waals surface area contributed by atoms with Gasteiger partial charge in [0, 0.05) is 20.1 Å². The summed E-state index contributed by atoms with van der Waals surface area (Å²) in [4.78, 5) is 16.2. The number of carbonyl (C=O) groups is 1. The second-order valence-electron chi connectivity index (χ2n) is 8.43. The first-order chi connectivity index (χ1) is 13.0. The van der Waals surface area contributed by atoms with E-state index in [0.29, 0.717) is 19.0 Å². The normalized spacial score (nSPS) is 12.4. The van der Waals surface area contributed by atoms with Crippen LogP contribution in [-0.4, -0.2) is 50.4 Å². The predicted molar refractivity (Wildman–Crippen MR) is 114 cm³/mol. The number of methoxy groups -OCH3 is 1. The second-order valence-corrected chi connectivity index (χ2v) is 8.43. The SMILES string of the molecule is CN=C(NCCc1cc(C)ccc1OC)NCC(C)(C)NC(=O)OC(C)(C)C. The molecule has 1 rings (SSSR count). The number of nitrogens with zero attached hydrogens (tertiary/aromatic N) is 1. The molecule has 7 nitrogen and oxygen atoms in total. The van der Waals surface area contributed by atoms with Gasteiger partial charge in [0.25, 0.3) is 0 Å². The largest absolute Gasteiger partial charge is 0.496 e. The predicted octanol–water partition coefficient (Wildman–Crippen LogP) is 3.01. The smallest absolute Gasteiger partial charge is 0.408 e. The number of aliphatic imine (C=N–C) groups is 1. The van der Waals surface area contributed by atoms with Crippen molar-refractivity contribution in [1.29, 1.82) is 0 Å². The highest BCUT2D eigenvalue weighted by Gasteiger charge is 2.24. The maximum absolute atomic E-state index is 12.0. The van der Waals surface area contributed by atoms with Gasteiger partial charge in [0.15, 0.2) is 5.96 Å². The molecule has 0 saturated carbocycles. The lowest BCUT2D eigenvalue weighted by Gasteiger charge is -2.29. The Morgan fingerprint density at radius 1 is 1.14 bits per heavy atom. The fourth-order valence-corrected chi connectivity index (χ4v) is 2.57. The highest BCUT2D eigenvalue weighted by Crippen LogP contribution is 2.19. The van der Waals surface area contributed by atoms with Crippen LogP contribution in [0.5, 0.6) is 5.75 Å². The molecule has 7 heteroatoms. The molecule has 0 aliphatic rings. The van der Waals surface area contributed by atoms with Gasteiger partial charge in [-0.3, -0.25) is 4.99 Å². The summed E-state index contributed by atoms with van der Waals surface area (Å²) in [5.74, 6) is 1.56. The van der Waals surface area contributed by atoms with Gasteiger partial charge in [-0.2, -0.15) is 0 Å². The molecule has 1 amide bonds. The van der Waals surface area contributed by atoms with E-state index in [9.17, 15) is 4.79 Å². The minimum atomic E-state index is -0.526. The van der Waals surface area contributed by atoms with Crippen molar-refractivity contribution in [3.05, 3.63) is 29.3 Å². The Labute approximate surface area is 169 Å². The Morgan fingerprint density at radius 3 is 2.39 bits per heavy atom. The number of ether oxygens (including phenoxy) is 2.